The first kappa shape index (κ1) is 10.5. The molecule has 2 saturated carbocycles. The lowest BCUT2D eigenvalue weighted by Crippen LogP contribution is -2.60. The fourth-order valence-corrected chi connectivity index (χ4v) is 4.79. The van der Waals surface area contributed by atoms with Gasteiger partial charge in [-0.2, -0.15) is 0 Å². The number of hydrogen-bond donors (Lipinski definition) is 0. The summed E-state index contributed by atoms with van der Waals surface area (Å²) in [5, 5.41) is 0. The molecule has 0 aromatic rings. The first-order valence-corrected chi connectivity index (χ1v) is 6.48. The van der Waals surface area contributed by atoms with Crippen molar-refractivity contribution in [1.29, 1.82) is 0 Å². The number of hydrogen-bond acceptors (Lipinski definition) is 0. The highest BCUT2D eigenvalue weighted by Gasteiger charge is 2.62. The summed E-state index contributed by atoms with van der Waals surface area (Å²) in [5.41, 5.74) is 1.37. The first-order valence-electron chi connectivity index (χ1n) is 6.48. The van der Waals surface area contributed by atoms with Crippen LogP contribution >= 0.6 is 0 Å². The van der Waals surface area contributed by atoms with Crippen molar-refractivity contribution in [3.05, 3.63) is 0 Å². The molecular weight excluding hydrogens is 168 g/mol. The SMILES string of the molecule is CCC12CCC1(C)C(C)CC(C)C2C. The first-order chi connectivity index (χ1) is 6.48. The Balaban J connectivity index is 2.34. The zero-order valence-electron chi connectivity index (χ0n) is 10.6. The van der Waals surface area contributed by atoms with Crippen LogP contribution in [-0.4, -0.2) is 0 Å². The third-order valence-electron chi connectivity index (χ3n) is 6.40. The molecule has 2 rings (SSSR count). The molecule has 5 atom stereocenters. The van der Waals surface area contributed by atoms with Crippen LogP contribution in [0.4, 0.5) is 0 Å². The molecular formula is C14H26. The van der Waals surface area contributed by atoms with E-state index in [0.717, 1.165) is 17.8 Å². The molecule has 0 bridgehead atoms. The lowest BCUT2D eigenvalue weighted by molar-refractivity contribution is -0.192. The van der Waals surface area contributed by atoms with Gasteiger partial charge in [-0.15, -0.1) is 0 Å². The van der Waals surface area contributed by atoms with Crippen molar-refractivity contribution in [3.8, 4) is 0 Å². The van der Waals surface area contributed by atoms with Gasteiger partial charge >= 0.3 is 0 Å². The zero-order chi connectivity index (χ0) is 10.6. The molecule has 0 N–H and O–H groups in total. The minimum Gasteiger partial charge on any atom is -0.0648 e. The average molecular weight is 194 g/mol. The zero-order valence-corrected chi connectivity index (χ0v) is 10.6. The van der Waals surface area contributed by atoms with E-state index in [-0.39, 0.29) is 0 Å². The van der Waals surface area contributed by atoms with Gasteiger partial charge in [-0.1, -0.05) is 34.6 Å². The highest BCUT2D eigenvalue weighted by atomic mass is 14.7. The fraction of sp³-hybridized carbons (Fsp3) is 1.00. The van der Waals surface area contributed by atoms with E-state index in [1.54, 1.807) is 0 Å². The quantitative estimate of drug-likeness (QED) is 0.577. The summed E-state index contributed by atoms with van der Waals surface area (Å²) in [6, 6.07) is 0. The van der Waals surface area contributed by atoms with Gasteiger partial charge in [-0.25, -0.2) is 0 Å². The standard InChI is InChI=1S/C14H26/c1-6-14-8-7-13(14,5)11(3)9-10(2)12(14)4/h10-12H,6-9H2,1-5H3. The van der Waals surface area contributed by atoms with Crippen LogP contribution in [0.3, 0.4) is 0 Å². The summed E-state index contributed by atoms with van der Waals surface area (Å²) in [5.74, 6) is 2.84. The van der Waals surface area contributed by atoms with Crippen molar-refractivity contribution in [2.45, 2.75) is 60.3 Å². The second-order valence-corrected chi connectivity index (χ2v) is 6.33. The predicted octanol–water partition coefficient (Wildman–Crippen LogP) is 4.49. The summed E-state index contributed by atoms with van der Waals surface area (Å²) in [6.45, 7) is 12.5. The number of rotatable bonds is 1. The van der Waals surface area contributed by atoms with Gasteiger partial charge in [0.2, 0.25) is 0 Å². The minimum absolute atomic E-state index is 0.674. The Morgan fingerprint density at radius 1 is 1.14 bits per heavy atom. The lowest BCUT2D eigenvalue weighted by atomic mass is 9.36. The van der Waals surface area contributed by atoms with Crippen LogP contribution in [0, 0.1) is 28.6 Å². The topological polar surface area (TPSA) is 0 Å². The fourth-order valence-electron chi connectivity index (χ4n) is 4.79. The molecule has 0 radical (unpaired) electrons. The Hall–Kier alpha value is 0. The molecule has 2 aliphatic rings. The Morgan fingerprint density at radius 3 is 2.21 bits per heavy atom. The summed E-state index contributed by atoms with van der Waals surface area (Å²) in [7, 11) is 0. The molecule has 0 heteroatoms. The summed E-state index contributed by atoms with van der Waals surface area (Å²) in [4.78, 5) is 0. The Labute approximate surface area is 89.5 Å². The van der Waals surface area contributed by atoms with Gasteiger partial charge in [0.1, 0.15) is 0 Å². The van der Waals surface area contributed by atoms with Crippen molar-refractivity contribution in [1.82, 2.24) is 0 Å². The maximum atomic E-state index is 2.56. The largest absolute Gasteiger partial charge is 0.0648 e. The van der Waals surface area contributed by atoms with Crippen LogP contribution in [0.15, 0.2) is 0 Å². The maximum Gasteiger partial charge on any atom is -0.0215 e. The van der Waals surface area contributed by atoms with Gasteiger partial charge in [-0.05, 0) is 54.3 Å². The number of fused-ring (bicyclic) bond motifs is 1. The van der Waals surface area contributed by atoms with Crippen molar-refractivity contribution in [2.24, 2.45) is 28.6 Å². The van der Waals surface area contributed by atoms with Crippen molar-refractivity contribution in [3.63, 3.8) is 0 Å². The van der Waals surface area contributed by atoms with Gasteiger partial charge in [0.25, 0.3) is 0 Å². The van der Waals surface area contributed by atoms with E-state index in [1.807, 2.05) is 0 Å². The predicted molar refractivity (Wildman–Crippen MR) is 62.2 cm³/mol. The second-order valence-electron chi connectivity index (χ2n) is 6.33. The molecule has 0 aromatic carbocycles. The molecule has 0 saturated heterocycles. The monoisotopic (exact) mass is 194 g/mol. The van der Waals surface area contributed by atoms with Crippen LogP contribution < -0.4 is 0 Å². The summed E-state index contributed by atoms with van der Waals surface area (Å²) >= 11 is 0. The van der Waals surface area contributed by atoms with E-state index in [1.165, 1.54) is 25.7 Å². The van der Waals surface area contributed by atoms with Gasteiger partial charge < -0.3 is 0 Å². The van der Waals surface area contributed by atoms with E-state index in [2.05, 4.69) is 34.6 Å². The summed E-state index contributed by atoms with van der Waals surface area (Å²) < 4.78 is 0. The molecule has 0 amide bonds. The third-order valence-corrected chi connectivity index (χ3v) is 6.40. The van der Waals surface area contributed by atoms with Crippen LogP contribution in [0.25, 0.3) is 0 Å². The minimum atomic E-state index is 0.674. The van der Waals surface area contributed by atoms with Crippen LogP contribution in [0.2, 0.25) is 0 Å². The van der Waals surface area contributed by atoms with Crippen LogP contribution in [-0.2, 0) is 0 Å². The van der Waals surface area contributed by atoms with E-state index in [9.17, 15) is 0 Å². The molecule has 5 unspecified atom stereocenters. The Kier molecular flexibility index (Phi) is 2.25. The van der Waals surface area contributed by atoms with E-state index < -0.39 is 0 Å². The molecule has 14 heavy (non-hydrogen) atoms. The van der Waals surface area contributed by atoms with Gasteiger partial charge in [-0.3, -0.25) is 0 Å². The van der Waals surface area contributed by atoms with Crippen molar-refractivity contribution < 1.29 is 0 Å². The molecule has 0 nitrogen and oxygen atoms in total. The van der Waals surface area contributed by atoms with Crippen molar-refractivity contribution >= 4 is 0 Å². The third kappa shape index (κ3) is 0.955. The molecule has 82 valence electrons. The van der Waals surface area contributed by atoms with E-state index >= 15 is 0 Å². The lowest BCUT2D eigenvalue weighted by Gasteiger charge is -2.68. The van der Waals surface area contributed by atoms with E-state index in [4.69, 9.17) is 0 Å². The van der Waals surface area contributed by atoms with Crippen LogP contribution in [0.1, 0.15) is 60.3 Å². The van der Waals surface area contributed by atoms with Crippen molar-refractivity contribution in [2.75, 3.05) is 0 Å². The normalized spacial score (nSPS) is 57.6. The van der Waals surface area contributed by atoms with Gasteiger partial charge in [0.05, 0.1) is 0 Å². The Bertz CT molecular complexity index is 228. The molecule has 0 spiro atoms. The average Bonchev–Trinajstić information content (AvgIpc) is 2.14. The van der Waals surface area contributed by atoms with Gasteiger partial charge in [0, 0.05) is 0 Å². The molecule has 0 heterocycles. The molecule has 2 fully saturated rings. The molecule has 0 aromatic heterocycles. The van der Waals surface area contributed by atoms with Gasteiger partial charge in [0.15, 0.2) is 0 Å². The highest BCUT2D eigenvalue weighted by molar-refractivity contribution is 5.11. The smallest absolute Gasteiger partial charge is 0.0215 e. The Morgan fingerprint density at radius 2 is 1.79 bits per heavy atom. The molecule has 2 aliphatic carbocycles. The summed E-state index contributed by atoms with van der Waals surface area (Å²) in [6.07, 6.45) is 5.84. The highest BCUT2D eigenvalue weighted by Crippen LogP contribution is 2.70. The molecule has 0 aliphatic heterocycles. The van der Waals surface area contributed by atoms with Crippen LogP contribution in [0.5, 0.6) is 0 Å². The maximum absolute atomic E-state index is 2.56. The second kappa shape index (κ2) is 3.00. The van der Waals surface area contributed by atoms with E-state index in [0.29, 0.717) is 10.8 Å².